The van der Waals surface area contributed by atoms with Crippen molar-refractivity contribution in [3.05, 3.63) is 125 Å². The van der Waals surface area contributed by atoms with Gasteiger partial charge >= 0.3 is 0 Å². The number of nitrogens with zero attached hydrogens (tertiary/aromatic N) is 2. The second-order valence-corrected chi connectivity index (χ2v) is 13.7. The van der Waals surface area contributed by atoms with Gasteiger partial charge in [0.2, 0.25) is 21.8 Å². The SMILES string of the molecule is COc1ccc(CCNC(=O)[C@@H](c2ccccc2)N(Cc2ccccc2)C(=O)CCc2ccc(S(=O)(=O)N3CCCC3)cc2)cc1OC. The maximum Gasteiger partial charge on any atom is 0.247 e. The lowest BCUT2D eigenvalue weighted by atomic mass is 10.0. The lowest BCUT2D eigenvalue weighted by Gasteiger charge is -2.32. The fraction of sp³-hybridized carbons (Fsp3) is 0.316. The van der Waals surface area contributed by atoms with Crippen LogP contribution in [0, 0.1) is 0 Å². The normalized spacial score (nSPS) is 13.9. The van der Waals surface area contributed by atoms with Gasteiger partial charge in [-0.15, -0.1) is 0 Å². The van der Waals surface area contributed by atoms with Crippen LogP contribution in [0.4, 0.5) is 0 Å². The van der Waals surface area contributed by atoms with Crippen molar-refractivity contribution in [2.75, 3.05) is 33.9 Å². The number of hydrogen-bond acceptors (Lipinski definition) is 6. The topological polar surface area (TPSA) is 105 Å². The molecule has 10 heteroatoms. The lowest BCUT2D eigenvalue weighted by molar-refractivity contribution is -0.141. The molecule has 1 fully saturated rings. The summed E-state index contributed by atoms with van der Waals surface area (Å²) in [5, 5.41) is 3.07. The van der Waals surface area contributed by atoms with E-state index in [1.165, 1.54) is 4.31 Å². The molecule has 1 saturated heterocycles. The summed E-state index contributed by atoms with van der Waals surface area (Å²) < 4.78 is 38.2. The molecule has 48 heavy (non-hydrogen) atoms. The average Bonchev–Trinajstić information content (AvgIpc) is 3.68. The monoisotopic (exact) mass is 669 g/mol. The Labute approximate surface area is 283 Å². The van der Waals surface area contributed by atoms with Crippen LogP contribution in [0.1, 0.15) is 47.6 Å². The van der Waals surface area contributed by atoms with Gasteiger partial charge in [0.05, 0.1) is 19.1 Å². The van der Waals surface area contributed by atoms with Gasteiger partial charge < -0.3 is 19.7 Å². The second kappa shape index (κ2) is 16.4. The van der Waals surface area contributed by atoms with E-state index >= 15 is 0 Å². The highest BCUT2D eigenvalue weighted by Crippen LogP contribution is 2.29. The largest absolute Gasteiger partial charge is 0.493 e. The molecule has 0 bridgehead atoms. The molecule has 9 nitrogen and oxygen atoms in total. The molecule has 1 N–H and O–H groups in total. The average molecular weight is 670 g/mol. The summed E-state index contributed by atoms with van der Waals surface area (Å²) in [6, 6.07) is 30.5. The molecular formula is C38H43N3O6S. The third-order valence-corrected chi connectivity index (χ3v) is 10.5. The number of hydrogen-bond donors (Lipinski definition) is 1. The number of sulfonamides is 1. The molecule has 1 atom stereocenters. The number of nitrogens with one attached hydrogen (secondary N) is 1. The molecule has 4 aromatic carbocycles. The molecule has 0 spiro atoms. The van der Waals surface area contributed by atoms with Crippen molar-refractivity contribution in [1.82, 2.24) is 14.5 Å². The lowest BCUT2D eigenvalue weighted by Crippen LogP contribution is -2.44. The van der Waals surface area contributed by atoms with E-state index in [0.717, 1.165) is 29.5 Å². The first-order valence-corrected chi connectivity index (χ1v) is 17.7. The van der Waals surface area contributed by atoms with Gasteiger partial charge in [0.25, 0.3) is 0 Å². The molecule has 0 saturated carbocycles. The summed E-state index contributed by atoms with van der Waals surface area (Å²) in [5.74, 6) is 0.789. The Kier molecular flexibility index (Phi) is 11.9. The highest BCUT2D eigenvalue weighted by Gasteiger charge is 2.31. The minimum absolute atomic E-state index is 0.146. The quantitative estimate of drug-likeness (QED) is 0.178. The molecule has 2 amide bonds. The van der Waals surface area contributed by atoms with Crippen molar-refractivity contribution in [3.63, 3.8) is 0 Å². The van der Waals surface area contributed by atoms with Crippen molar-refractivity contribution in [2.24, 2.45) is 0 Å². The molecule has 0 radical (unpaired) electrons. The zero-order valence-electron chi connectivity index (χ0n) is 27.5. The molecule has 0 aliphatic carbocycles. The number of rotatable bonds is 15. The first-order chi connectivity index (χ1) is 23.3. The number of aryl methyl sites for hydroxylation is 1. The van der Waals surface area contributed by atoms with E-state index in [-0.39, 0.29) is 29.7 Å². The molecule has 1 heterocycles. The summed E-state index contributed by atoms with van der Waals surface area (Å²) in [7, 11) is -0.346. The number of amides is 2. The van der Waals surface area contributed by atoms with Crippen molar-refractivity contribution in [2.45, 2.75) is 49.6 Å². The highest BCUT2D eigenvalue weighted by molar-refractivity contribution is 7.89. The Morgan fingerprint density at radius 2 is 1.40 bits per heavy atom. The molecule has 0 aromatic heterocycles. The standard InChI is InChI=1S/C38H43N3O6S/c1-46-34-21-17-30(27-35(34)47-2)23-24-39-38(43)37(32-13-7-4-8-14-32)41(28-31-11-5-3-6-12-31)36(42)22-18-29-15-19-33(20-16-29)48(44,45)40-25-9-10-26-40/h3-8,11-17,19-21,27,37H,9-10,18,22-26,28H2,1-2H3,(H,39,43)/t37-/m1/s1. The maximum atomic E-state index is 14.1. The first-order valence-electron chi connectivity index (χ1n) is 16.3. The van der Waals surface area contributed by atoms with Crippen LogP contribution >= 0.6 is 0 Å². The van der Waals surface area contributed by atoms with Crippen LogP contribution in [0.5, 0.6) is 11.5 Å². The van der Waals surface area contributed by atoms with Gasteiger partial charge in [-0.25, -0.2) is 8.42 Å². The first kappa shape index (κ1) is 34.7. The number of methoxy groups -OCH3 is 2. The second-order valence-electron chi connectivity index (χ2n) is 11.8. The van der Waals surface area contributed by atoms with Crippen molar-refractivity contribution < 1.29 is 27.5 Å². The highest BCUT2D eigenvalue weighted by atomic mass is 32.2. The van der Waals surface area contributed by atoms with Crippen LogP contribution in [-0.4, -0.2) is 63.3 Å². The van der Waals surface area contributed by atoms with E-state index < -0.39 is 16.1 Å². The van der Waals surface area contributed by atoms with Gasteiger partial charge in [-0.3, -0.25) is 9.59 Å². The summed E-state index contributed by atoms with van der Waals surface area (Å²) in [5.41, 5.74) is 3.43. The maximum absolute atomic E-state index is 14.1. The summed E-state index contributed by atoms with van der Waals surface area (Å²) >= 11 is 0. The number of carbonyl (C=O) groups is 2. The van der Waals surface area contributed by atoms with E-state index in [2.05, 4.69) is 5.32 Å². The van der Waals surface area contributed by atoms with E-state index in [0.29, 0.717) is 49.5 Å². The molecule has 1 aliphatic heterocycles. The number of benzene rings is 4. The van der Waals surface area contributed by atoms with Gasteiger partial charge in [0, 0.05) is 32.6 Å². The van der Waals surface area contributed by atoms with E-state index in [1.54, 1.807) is 43.4 Å². The fourth-order valence-corrected chi connectivity index (χ4v) is 7.49. The zero-order chi connectivity index (χ0) is 33.9. The Hall–Kier alpha value is -4.67. The predicted molar refractivity (Wildman–Crippen MR) is 185 cm³/mol. The third-order valence-electron chi connectivity index (χ3n) is 8.61. The van der Waals surface area contributed by atoms with Crippen LogP contribution in [0.3, 0.4) is 0 Å². The van der Waals surface area contributed by atoms with Crippen LogP contribution in [-0.2, 0) is 39.0 Å². The summed E-state index contributed by atoms with van der Waals surface area (Å²) in [6.07, 6.45) is 2.85. The molecule has 252 valence electrons. The van der Waals surface area contributed by atoms with Gasteiger partial charge in [-0.1, -0.05) is 78.9 Å². The van der Waals surface area contributed by atoms with E-state index in [9.17, 15) is 18.0 Å². The molecule has 0 unspecified atom stereocenters. The van der Waals surface area contributed by atoms with Crippen LogP contribution in [0.2, 0.25) is 0 Å². The fourth-order valence-electron chi connectivity index (χ4n) is 5.98. The molecule has 4 aromatic rings. The van der Waals surface area contributed by atoms with Crippen LogP contribution in [0.15, 0.2) is 108 Å². The molecule has 1 aliphatic rings. The van der Waals surface area contributed by atoms with E-state index in [4.69, 9.17) is 9.47 Å². The van der Waals surface area contributed by atoms with Crippen molar-refractivity contribution in [3.8, 4) is 11.5 Å². The van der Waals surface area contributed by atoms with Crippen molar-refractivity contribution >= 4 is 21.8 Å². The summed E-state index contributed by atoms with van der Waals surface area (Å²) in [6.45, 7) is 1.69. The van der Waals surface area contributed by atoms with Crippen molar-refractivity contribution in [1.29, 1.82) is 0 Å². The van der Waals surface area contributed by atoms with Gasteiger partial charge in [-0.05, 0) is 72.2 Å². The smallest absolute Gasteiger partial charge is 0.247 e. The minimum Gasteiger partial charge on any atom is -0.493 e. The predicted octanol–water partition coefficient (Wildman–Crippen LogP) is 5.55. The third kappa shape index (κ3) is 8.62. The number of ether oxygens (including phenoxy) is 2. The Balaban J connectivity index is 1.33. The van der Waals surface area contributed by atoms with Gasteiger partial charge in [0.1, 0.15) is 6.04 Å². The van der Waals surface area contributed by atoms with Gasteiger partial charge in [-0.2, -0.15) is 4.31 Å². The van der Waals surface area contributed by atoms with Crippen LogP contribution in [0.25, 0.3) is 0 Å². The Bertz CT molecular complexity index is 1760. The van der Waals surface area contributed by atoms with Gasteiger partial charge in [0.15, 0.2) is 11.5 Å². The zero-order valence-corrected chi connectivity index (χ0v) is 28.3. The molecule has 5 rings (SSSR count). The summed E-state index contributed by atoms with van der Waals surface area (Å²) in [4.78, 5) is 30.0. The van der Waals surface area contributed by atoms with Crippen LogP contribution < -0.4 is 14.8 Å². The Morgan fingerprint density at radius 1 is 0.771 bits per heavy atom. The van der Waals surface area contributed by atoms with E-state index in [1.807, 2.05) is 78.9 Å². The minimum atomic E-state index is -3.52. The Morgan fingerprint density at radius 3 is 2.04 bits per heavy atom. The number of carbonyl (C=O) groups excluding carboxylic acids is 2. The molecular weight excluding hydrogens is 627 g/mol.